The van der Waals surface area contributed by atoms with Crippen molar-refractivity contribution in [2.75, 3.05) is 31.1 Å². The van der Waals surface area contributed by atoms with E-state index in [4.69, 9.17) is 10.2 Å². The molecule has 1 rings (SSSR count). The summed E-state index contributed by atoms with van der Waals surface area (Å²) in [6.07, 6.45) is -10.1. The van der Waals surface area contributed by atoms with E-state index in [0.717, 1.165) is 12.1 Å². The third-order valence-electron chi connectivity index (χ3n) is 5.41. The molecule has 0 unspecified atom stereocenters. The zero-order valence-electron chi connectivity index (χ0n) is 19.2. The highest BCUT2D eigenvalue weighted by molar-refractivity contribution is 5.92. The maximum atomic E-state index is 13.2. The van der Waals surface area contributed by atoms with Gasteiger partial charge in [-0.05, 0) is 44.7 Å². The van der Waals surface area contributed by atoms with E-state index in [1.807, 2.05) is 0 Å². The maximum absolute atomic E-state index is 13.2. The van der Waals surface area contributed by atoms with Crippen LogP contribution in [0.3, 0.4) is 0 Å². The monoisotopic (exact) mass is 516 g/mol. The Morgan fingerprint density at radius 3 is 1.86 bits per heavy atom. The van der Waals surface area contributed by atoms with Crippen molar-refractivity contribution in [3.8, 4) is 0 Å². The lowest BCUT2D eigenvalue weighted by Crippen LogP contribution is -2.53. The fourth-order valence-electron chi connectivity index (χ4n) is 3.40. The van der Waals surface area contributed by atoms with Gasteiger partial charge in [0.1, 0.15) is 0 Å². The van der Waals surface area contributed by atoms with Gasteiger partial charge in [0.05, 0.1) is 0 Å². The van der Waals surface area contributed by atoms with E-state index in [9.17, 15) is 41.0 Å². The molecule has 0 aromatic heterocycles. The second-order valence-corrected chi connectivity index (χ2v) is 7.90. The van der Waals surface area contributed by atoms with Crippen LogP contribution in [-0.2, 0) is 10.4 Å². The molecule has 2 amide bonds. The quantitative estimate of drug-likeness (QED) is 0.262. The number of urea groups is 1. The summed E-state index contributed by atoms with van der Waals surface area (Å²) in [5, 5.41) is 27.3. The lowest BCUT2D eigenvalue weighted by molar-refractivity contribution is -0.376. The minimum absolute atomic E-state index is 0.0179. The Balaban J connectivity index is 3.24. The topological polar surface area (TPSA) is 101 Å². The number of hydrogen-bond acceptors (Lipinski definition) is 4. The molecule has 0 spiro atoms. The van der Waals surface area contributed by atoms with Gasteiger partial charge in [-0.25, -0.2) is 4.79 Å². The summed E-state index contributed by atoms with van der Waals surface area (Å²) in [6, 6.07) is 2.20. The summed E-state index contributed by atoms with van der Waals surface area (Å²) in [4.78, 5) is 26.4. The van der Waals surface area contributed by atoms with E-state index in [1.54, 1.807) is 6.92 Å². The molecule has 0 aliphatic heterocycles. The molecule has 0 radical (unpaired) electrons. The molecular formula is C22H30F6N2O5. The SMILES string of the molecule is CCN(CCCCO)C(=O)N(CCCCCC(=O)O)c1ccc(C(O)(C(F)(F)F)C(F)(F)F)cc1. The molecular weight excluding hydrogens is 486 g/mol. The van der Waals surface area contributed by atoms with Crippen LogP contribution < -0.4 is 4.90 Å². The van der Waals surface area contributed by atoms with E-state index >= 15 is 0 Å². The fourth-order valence-corrected chi connectivity index (χ4v) is 3.40. The maximum Gasteiger partial charge on any atom is 0.430 e. The molecule has 200 valence electrons. The average Bonchev–Trinajstić information content (AvgIpc) is 2.76. The van der Waals surface area contributed by atoms with Crippen molar-refractivity contribution in [1.29, 1.82) is 0 Å². The first-order valence-corrected chi connectivity index (χ1v) is 11.1. The number of carboxylic acid groups (broad SMARTS) is 1. The third-order valence-corrected chi connectivity index (χ3v) is 5.41. The first kappa shape index (κ1) is 30.5. The number of carbonyl (C=O) groups excluding carboxylic acids is 1. The summed E-state index contributed by atoms with van der Waals surface area (Å²) in [7, 11) is 0. The van der Waals surface area contributed by atoms with Gasteiger partial charge >= 0.3 is 24.4 Å². The molecule has 0 fully saturated rings. The molecule has 13 heteroatoms. The standard InChI is InChI=1S/C22H30F6N2O5/c1-2-29(13-6-7-15-31)19(34)30(14-5-3-4-8-18(32)33)17-11-9-16(10-12-17)20(35,21(23,24)25)22(26,27)28/h9-12,31,35H,2-8,13-15H2,1H3,(H,32,33). The smallest absolute Gasteiger partial charge is 0.430 e. The Hall–Kier alpha value is -2.54. The van der Waals surface area contributed by atoms with Gasteiger partial charge in [-0.2, -0.15) is 26.3 Å². The molecule has 1 aromatic carbocycles. The van der Waals surface area contributed by atoms with Crippen molar-refractivity contribution in [2.24, 2.45) is 0 Å². The van der Waals surface area contributed by atoms with Crippen LogP contribution in [0.4, 0.5) is 36.8 Å². The second kappa shape index (κ2) is 13.0. The highest BCUT2D eigenvalue weighted by Gasteiger charge is 2.71. The van der Waals surface area contributed by atoms with Gasteiger partial charge < -0.3 is 20.2 Å². The first-order chi connectivity index (χ1) is 16.2. The molecule has 1 aromatic rings. The number of benzene rings is 1. The second-order valence-electron chi connectivity index (χ2n) is 7.90. The Labute approximate surface area is 198 Å². The van der Waals surface area contributed by atoms with Crippen LogP contribution in [0, 0.1) is 0 Å². The Bertz CT molecular complexity index is 800. The van der Waals surface area contributed by atoms with Gasteiger partial charge in [0, 0.05) is 43.9 Å². The highest BCUT2D eigenvalue weighted by atomic mass is 19.4. The molecule has 0 saturated carbocycles. The van der Waals surface area contributed by atoms with Crippen LogP contribution in [0.2, 0.25) is 0 Å². The molecule has 0 aliphatic rings. The number of aliphatic hydroxyl groups excluding tert-OH is 1. The van der Waals surface area contributed by atoms with Gasteiger partial charge in [-0.1, -0.05) is 18.6 Å². The van der Waals surface area contributed by atoms with Crippen molar-refractivity contribution in [3.63, 3.8) is 0 Å². The molecule has 3 N–H and O–H groups in total. The predicted octanol–water partition coefficient (Wildman–Crippen LogP) is 4.66. The summed E-state index contributed by atoms with van der Waals surface area (Å²) < 4.78 is 79.0. The summed E-state index contributed by atoms with van der Waals surface area (Å²) >= 11 is 0. The Kier molecular flexibility index (Phi) is 11.3. The Morgan fingerprint density at radius 2 is 1.40 bits per heavy atom. The molecule has 0 atom stereocenters. The normalized spacial score (nSPS) is 12.5. The molecule has 35 heavy (non-hydrogen) atoms. The van der Waals surface area contributed by atoms with E-state index < -0.39 is 35.5 Å². The van der Waals surface area contributed by atoms with Crippen LogP contribution in [0.5, 0.6) is 0 Å². The van der Waals surface area contributed by atoms with Gasteiger partial charge in [-0.15, -0.1) is 0 Å². The van der Waals surface area contributed by atoms with E-state index in [-0.39, 0.29) is 38.3 Å². The number of anilines is 1. The van der Waals surface area contributed by atoms with Crippen molar-refractivity contribution in [3.05, 3.63) is 29.8 Å². The van der Waals surface area contributed by atoms with Crippen LogP contribution >= 0.6 is 0 Å². The Morgan fingerprint density at radius 1 is 0.857 bits per heavy atom. The van der Waals surface area contributed by atoms with Crippen molar-refractivity contribution >= 4 is 17.7 Å². The largest absolute Gasteiger partial charge is 0.481 e. The number of hydrogen-bond donors (Lipinski definition) is 3. The highest BCUT2D eigenvalue weighted by Crippen LogP contribution is 2.50. The van der Waals surface area contributed by atoms with Crippen molar-refractivity contribution in [1.82, 2.24) is 4.90 Å². The van der Waals surface area contributed by atoms with Gasteiger partial charge in [0.2, 0.25) is 0 Å². The minimum Gasteiger partial charge on any atom is -0.481 e. The predicted molar refractivity (Wildman–Crippen MR) is 115 cm³/mol. The van der Waals surface area contributed by atoms with Gasteiger partial charge in [-0.3, -0.25) is 9.69 Å². The zero-order chi connectivity index (χ0) is 26.9. The van der Waals surface area contributed by atoms with E-state index in [1.165, 1.54) is 9.80 Å². The fraction of sp³-hybridized carbons (Fsp3) is 0.636. The zero-order valence-corrected chi connectivity index (χ0v) is 19.2. The van der Waals surface area contributed by atoms with Crippen LogP contribution in [0.25, 0.3) is 0 Å². The summed E-state index contributed by atoms with van der Waals surface area (Å²) in [6.45, 7) is 2.18. The number of carboxylic acids is 1. The lowest BCUT2D eigenvalue weighted by atomic mass is 9.92. The van der Waals surface area contributed by atoms with Crippen LogP contribution in [0.15, 0.2) is 24.3 Å². The third kappa shape index (κ3) is 7.99. The molecule has 0 aliphatic carbocycles. The first-order valence-electron chi connectivity index (χ1n) is 11.1. The van der Waals surface area contributed by atoms with Crippen LogP contribution in [0.1, 0.15) is 51.0 Å². The molecule has 7 nitrogen and oxygen atoms in total. The number of unbranched alkanes of at least 4 members (excludes halogenated alkanes) is 3. The minimum atomic E-state index is -6.03. The average molecular weight is 516 g/mol. The van der Waals surface area contributed by atoms with Gasteiger partial charge in [0.15, 0.2) is 0 Å². The number of amides is 2. The van der Waals surface area contributed by atoms with Crippen molar-refractivity contribution in [2.45, 2.75) is 63.4 Å². The number of halogens is 6. The van der Waals surface area contributed by atoms with E-state index in [2.05, 4.69) is 0 Å². The molecule has 0 bridgehead atoms. The number of alkyl halides is 6. The lowest BCUT2D eigenvalue weighted by Gasteiger charge is -2.33. The summed E-state index contributed by atoms with van der Waals surface area (Å²) in [5.74, 6) is -0.989. The molecule has 0 saturated heterocycles. The number of aliphatic carboxylic acids is 1. The summed E-state index contributed by atoms with van der Waals surface area (Å²) in [5.41, 5.74) is -6.50. The number of rotatable bonds is 13. The number of carbonyl (C=O) groups is 2. The molecule has 0 heterocycles. The number of aliphatic hydroxyl groups is 2. The number of nitrogens with zero attached hydrogens (tertiary/aromatic N) is 2. The van der Waals surface area contributed by atoms with Crippen LogP contribution in [-0.4, -0.2) is 70.8 Å². The van der Waals surface area contributed by atoms with Gasteiger partial charge in [0.25, 0.3) is 5.60 Å². The van der Waals surface area contributed by atoms with E-state index in [0.29, 0.717) is 44.2 Å². The van der Waals surface area contributed by atoms with Crippen molar-refractivity contribution < 1.29 is 51.3 Å².